The molecule has 2 rings (SSSR count). The molecule has 0 atom stereocenters. The minimum absolute atomic E-state index is 1.27. The number of anilines is 2. The van der Waals surface area contributed by atoms with Crippen molar-refractivity contribution >= 4 is 11.4 Å². The average molecular weight is 150 g/mol. The minimum atomic E-state index is 1.27. The van der Waals surface area contributed by atoms with Crippen LogP contribution in [0.4, 0.5) is 11.4 Å². The molecule has 0 unspecified atom stereocenters. The van der Waals surface area contributed by atoms with Gasteiger partial charge in [0.05, 0.1) is 14.1 Å². The lowest BCUT2D eigenvalue weighted by molar-refractivity contribution is -0.665. The Bertz CT molecular complexity index is 245. The molecular weight excluding hydrogens is 138 g/mol. The van der Waals surface area contributed by atoms with Gasteiger partial charge in [0, 0.05) is 0 Å². The Hall–Kier alpha value is -1.22. The van der Waals surface area contributed by atoms with Gasteiger partial charge in [0.25, 0.3) is 0 Å². The van der Waals surface area contributed by atoms with Gasteiger partial charge in [0.2, 0.25) is 0 Å². The molecule has 0 radical (unpaired) electrons. The highest BCUT2D eigenvalue weighted by Gasteiger charge is 2.22. The molecule has 2 N–H and O–H groups in total. The van der Waals surface area contributed by atoms with Gasteiger partial charge < -0.3 is 0 Å². The van der Waals surface area contributed by atoms with Crippen LogP contribution in [0.15, 0.2) is 24.3 Å². The number of nitrogens with zero attached hydrogens (tertiary/aromatic N) is 2. The van der Waals surface area contributed by atoms with Crippen LogP contribution in [-0.2, 0) is 0 Å². The van der Waals surface area contributed by atoms with Crippen molar-refractivity contribution in [2.45, 2.75) is 0 Å². The second-order valence-corrected chi connectivity index (χ2v) is 2.83. The lowest BCUT2D eigenvalue weighted by Gasteiger charge is -2.08. The fraction of sp³-hybridized carbons (Fsp3) is 0.250. The summed E-state index contributed by atoms with van der Waals surface area (Å²) in [7, 11) is 4.12. The first-order valence-corrected chi connectivity index (χ1v) is 3.69. The average Bonchev–Trinajstić information content (AvgIpc) is 2.30. The topological polar surface area (TPSA) is 23.1 Å². The smallest absolute Gasteiger partial charge is 0.119 e. The van der Waals surface area contributed by atoms with Crippen molar-refractivity contribution in [3.05, 3.63) is 24.3 Å². The number of fused-ring (bicyclic) bond motifs is 1. The van der Waals surface area contributed by atoms with E-state index in [-0.39, 0.29) is 0 Å². The summed E-state index contributed by atoms with van der Waals surface area (Å²) >= 11 is 0. The van der Waals surface area contributed by atoms with Crippen molar-refractivity contribution in [1.82, 2.24) is 0 Å². The van der Waals surface area contributed by atoms with Crippen molar-refractivity contribution in [3.8, 4) is 0 Å². The summed E-state index contributed by atoms with van der Waals surface area (Å²) in [4.78, 5) is 0. The van der Waals surface area contributed by atoms with Crippen LogP contribution in [0.1, 0.15) is 0 Å². The fourth-order valence-corrected chi connectivity index (χ4v) is 1.44. The van der Waals surface area contributed by atoms with E-state index in [0.29, 0.717) is 0 Å². The molecule has 0 spiro atoms. The van der Waals surface area contributed by atoms with Crippen LogP contribution in [0.3, 0.4) is 0 Å². The standard InChI is InChI=1S/C8H11N3/c1-10-7-5-3-4-6-8(7)11(2)9-10/h3-6,9H,1-2H3/p+1. The third-order valence-electron chi connectivity index (χ3n) is 1.99. The molecule has 0 saturated heterocycles. The zero-order valence-corrected chi connectivity index (χ0v) is 6.78. The Morgan fingerprint density at radius 1 is 1.00 bits per heavy atom. The molecule has 1 aromatic rings. The number of hydrogen-bond acceptors (Lipinski definition) is 2. The van der Waals surface area contributed by atoms with E-state index in [1.807, 2.05) is 0 Å². The molecule has 0 amide bonds. The first-order valence-electron chi connectivity index (χ1n) is 3.69. The van der Waals surface area contributed by atoms with Gasteiger partial charge in [0.1, 0.15) is 11.4 Å². The molecule has 1 aliphatic heterocycles. The fourth-order valence-electron chi connectivity index (χ4n) is 1.44. The van der Waals surface area contributed by atoms with Crippen LogP contribution in [-0.4, -0.2) is 14.1 Å². The monoisotopic (exact) mass is 150 g/mol. The van der Waals surface area contributed by atoms with Crippen molar-refractivity contribution in [2.75, 3.05) is 24.1 Å². The lowest BCUT2D eigenvalue weighted by atomic mass is 10.3. The molecule has 11 heavy (non-hydrogen) atoms. The Morgan fingerprint density at radius 3 is 1.91 bits per heavy atom. The van der Waals surface area contributed by atoms with Gasteiger partial charge in [-0.05, 0) is 12.1 Å². The Kier molecular flexibility index (Phi) is 1.26. The summed E-state index contributed by atoms with van der Waals surface area (Å²) in [6.07, 6.45) is 0. The van der Waals surface area contributed by atoms with Gasteiger partial charge in [-0.3, -0.25) is 0 Å². The molecule has 0 aliphatic carbocycles. The summed E-state index contributed by atoms with van der Waals surface area (Å²) in [5.74, 6) is 0. The molecule has 0 aromatic heterocycles. The van der Waals surface area contributed by atoms with E-state index < -0.39 is 0 Å². The molecule has 0 bridgehead atoms. The zero-order chi connectivity index (χ0) is 7.84. The van der Waals surface area contributed by atoms with Gasteiger partial charge in [0.15, 0.2) is 0 Å². The third-order valence-corrected chi connectivity index (χ3v) is 1.99. The lowest BCUT2D eigenvalue weighted by Crippen LogP contribution is -2.98. The van der Waals surface area contributed by atoms with Gasteiger partial charge in [-0.25, -0.2) is 10.0 Å². The normalized spacial score (nSPS) is 15.5. The summed E-state index contributed by atoms with van der Waals surface area (Å²) in [5.41, 5.74) is 4.62. The van der Waals surface area contributed by atoms with E-state index in [1.165, 1.54) is 11.4 Å². The van der Waals surface area contributed by atoms with Crippen LogP contribution in [0.25, 0.3) is 0 Å². The minimum Gasteiger partial charge on any atom is -0.204 e. The maximum atomic E-state index is 2.12. The summed E-state index contributed by atoms with van der Waals surface area (Å²) < 4.78 is 0. The molecule has 1 aromatic carbocycles. The van der Waals surface area contributed by atoms with E-state index >= 15 is 0 Å². The Balaban J connectivity index is 2.52. The van der Waals surface area contributed by atoms with E-state index in [4.69, 9.17) is 0 Å². The number of quaternary nitrogens is 1. The van der Waals surface area contributed by atoms with Crippen molar-refractivity contribution in [3.63, 3.8) is 0 Å². The number of benzene rings is 1. The van der Waals surface area contributed by atoms with Gasteiger partial charge in [-0.15, -0.1) is 5.53 Å². The van der Waals surface area contributed by atoms with Gasteiger partial charge >= 0.3 is 0 Å². The zero-order valence-electron chi connectivity index (χ0n) is 6.78. The van der Waals surface area contributed by atoms with E-state index in [2.05, 4.69) is 53.9 Å². The van der Waals surface area contributed by atoms with E-state index in [9.17, 15) is 0 Å². The maximum absolute atomic E-state index is 2.12. The number of para-hydroxylation sites is 2. The number of rotatable bonds is 0. The predicted molar refractivity (Wildman–Crippen MR) is 45.2 cm³/mol. The van der Waals surface area contributed by atoms with Crippen LogP contribution < -0.4 is 15.6 Å². The molecule has 3 nitrogen and oxygen atoms in total. The number of hydrogen-bond donors (Lipinski definition) is 1. The Morgan fingerprint density at radius 2 is 1.45 bits per heavy atom. The first-order chi connectivity index (χ1) is 5.29. The number of nitrogens with two attached hydrogens (primary N) is 1. The second kappa shape index (κ2) is 2.13. The van der Waals surface area contributed by atoms with Crippen molar-refractivity contribution in [1.29, 1.82) is 0 Å². The SMILES string of the molecule is CN1[NH2+]N(C)c2ccccc21. The van der Waals surface area contributed by atoms with E-state index in [1.54, 1.807) is 0 Å². The third kappa shape index (κ3) is 0.851. The highest BCUT2D eigenvalue weighted by atomic mass is 15.8. The Labute approximate surface area is 66.2 Å². The highest BCUT2D eigenvalue weighted by Crippen LogP contribution is 2.26. The summed E-state index contributed by atoms with van der Waals surface area (Å²) in [6, 6.07) is 8.36. The molecule has 1 aliphatic rings. The van der Waals surface area contributed by atoms with Crippen LogP contribution in [0.5, 0.6) is 0 Å². The van der Waals surface area contributed by atoms with Crippen LogP contribution >= 0.6 is 0 Å². The van der Waals surface area contributed by atoms with Gasteiger partial charge in [-0.2, -0.15) is 0 Å². The highest BCUT2D eigenvalue weighted by molar-refractivity contribution is 5.70. The molecule has 0 fully saturated rings. The quantitative estimate of drug-likeness (QED) is 0.525. The van der Waals surface area contributed by atoms with Crippen LogP contribution in [0.2, 0.25) is 0 Å². The maximum Gasteiger partial charge on any atom is 0.119 e. The van der Waals surface area contributed by atoms with E-state index in [0.717, 1.165) is 0 Å². The molecule has 3 heteroatoms. The largest absolute Gasteiger partial charge is 0.204 e. The van der Waals surface area contributed by atoms with Gasteiger partial charge in [-0.1, -0.05) is 12.1 Å². The summed E-state index contributed by atoms with van der Waals surface area (Å²) in [5, 5.41) is 4.24. The summed E-state index contributed by atoms with van der Waals surface area (Å²) in [6.45, 7) is 0. The molecule has 0 saturated carbocycles. The first kappa shape index (κ1) is 6.49. The van der Waals surface area contributed by atoms with Crippen molar-refractivity contribution < 1.29 is 5.53 Å². The van der Waals surface area contributed by atoms with Crippen LogP contribution in [0, 0.1) is 0 Å². The molecular formula is C8H12N3+. The molecule has 1 heterocycles. The van der Waals surface area contributed by atoms with Crippen molar-refractivity contribution in [2.24, 2.45) is 0 Å². The predicted octanol–water partition coefficient (Wildman–Crippen LogP) is -0.0340. The molecule has 58 valence electrons. The second-order valence-electron chi connectivity index (χ2n) is 2.83.